The van der Waals surface area contributed by atoms with Crippen molar-refractivity contribution in [2.24, 2.45) is 0 Å². The van der Waals surface area contributed by atoms with Crippen LogP contribution in [0, 0.1) is 0 Å². The minimum Gasteiger partial charge on any atom is -0.332 e. The molecule has 1 amide bonds. The van der Waals surface area contributed by atoms with Crippen molar-refractivity contribution in [1.29, 1.82) is 0 Å². The van der Waals surface area contributed by atoms with Crippen LogP contribution < -0.4 is 5.32 Å². The molecule has 1 N–H and O–H groups in total. The standard InChI is InChI=1S/C11H18N2O/c1-2-3-11(14)13-9-4-5-10(13)8-12-7-6-9/h2-3,9-10,12H,4-8H2,1H3/b3-2+. The summed E-state index contributed by atoms with van der Waals surface area (Å²) in [6.07, 6.45) is 6.99. The zero-order valence-electron chi connectivity index (χ0n) is 8.70. The van der Waals surface area contributed by atoms with Crippen molar-refractivity contribution in [2.45, 2.75) is 38.3 Å². The number of hydrogen-bond donors (Lipinski definition) is 1. The normalized spacial score (nSPS) is 32.2. The highest BCUT2D eigenvalue weighted by Gasteiger charge is 2.36. The fourth-order valence-electron chi connectivity index (χ4n) is 2.57. The summed E-state index contributed by atoms with van der Waals surface area (Å²) in [5, 5.41) is 3.39. The molecule has 0 aromatic rings. The van der Waals surface area contributed by atoms with E-state index in [-0.39, 0.29) is 5.91 Å². The maximum Gasteiger partial charge on any atom is 0.246 e. The Bertz CT molecular complexity index is 236. The number of nitrogens with one attached hydrogen (secondary N) is 1. The van der Waals surface area contributed by atoms with Crippen LogP contribution >= 0.6 is 0 Å². The lowest BCUT2D eigenvalue weighted by Crippen LogP contribution is -2.41. The fourth-order valence-corrected chi connectivity index (χ4v) is 2.57. The van der Waals surface area contributed by atoms with E-state index >= 15 is 0 Å². The van der Waals surface area contributed by atoms with E-state index in [2.05, 4.69) is 10.2 Å². The molecule has 2 atom stereocenters. The maximum absolute atomic E-state index is 11.8. The summed E-state index contributed by atoms with van der Waals surface area (Å²) in [5.74, 6) is 0.198. The Kier molecular flexibility index (Phi) is 2.87. The third-order valence-electron chi connectivity index (χ3n) is 3.22. The number of carbonyl (C=O) groups excluding carboxylic acids is 1. The molecule has 2 heterocycles. The Labute approximate surface area is 85.2 Å². The molecule has 78 valence electrons. The minimum absolute atomic E-state index is 0.198. The molecule has 0 spiro atoms. The Morgan fingerprint density at radius 3 is 2.93 bits per heavy atom. The van der Waals surface area contributed by atoms with Crippen molar-refractivity contribution in [1.82, 2.24) is 10.2 Å². The SMILES string of the molecule is C/C=C/C(=O)N1C2CCNCC1CC2. The van der Waals surface area contributed by atoms with Crippen molar-refractivity contribution < 1.29 is 4.79 Å². The average Bonchev–Trinajstić information content (AvgIpc) is 2.40. The van der Waals surface area contributed by atoms with Crippen LogP contribution in [0.25, 0.3) is 0 Å². The summed E-state index contributed by atoms with van der Waals surface area (Å²) >= 11 is 0. The van der Waals surface area contributed by atoms with Gasteiger partial charge in [-0.2, -0.15) is 0 Å². The summed E-state index contributed by atoms with van der Waals surface area (Å²) in [4.78, 5) is 13.9. The van der Waals surface area contributed by atoms with Gasteiger partial charge in [0, 0.05) is 18.6 Å². The Morgan fingerprint density at radius 2 is 2.14 bits per heavy atom. The maximum atomic E-state index is 11.8. The second-order valence-corrected chi connectivity index (χ2v) is 4.12. The molecular formula is C11H18N2O. The topological polar surface area (TPSA) is 32.3 Å². The monoisotopic (exact) mass is 194 g/mol. The largest absolute Gasteiger partial charge is 0.332 e. The molecule has 0 radical (unpaired) electrons. The van der Waals surface area contributed by atoms with Gasteiger partial charge in [-0.25, -0.2) is 0 Å². The smallest absolute Gasteiger partial charge is 0.246 e. The summed E-state index contributed by atoms with van der Waals surface area (Å²) in [6, 6.07) is 0.921. The zero-order valence-corrected chi connectivity index (χ0v) is 8.70. The highest BCUT2D eigenvalue weighted by molar-refractivity contribution is 5.88. The number of fused-ring (bicyclic) bond motifs is 2. The summed E-state index contributed by atoms with van der Waals surface area (Å²) in [6.45, 7) is 3.93. The molecule has 2 aliphatic rings. The Balaban J connectivity index is 2.12. The number of allylic oxidation sites excluding steroid dienone is 1. The van der Waals surface area contributed by atoms with Crippen LogP contribution in [0.2, 0.25) is 0 Å². The number of hydrogen-bond acceptors (Lipinski definition) is 2. The van der Waals surface area contributed by atoms with Crippen LogP contribution in [0.1, 0.15) is 26.2 Å². The van der Waals surface area contributed by atoms with E-state index in [9.17, 15) is 4.79 Å². The highest BCUT2D eigenvalue weighted by Crippen LogP contribution is 2.27. The highest BCUT2D eigenvalue weighted by atomic mass is 16.2. The van der Waals surface area contributed by atoms with Crippen molar-refractivity contribution in [2.75, 3.05) is 13.1 Å². The molecule has 2 rings (SSSR count). The van der Waals surface area contributed by atoms with E-state index in [1.165, 1.54) is 12.8 Å². The van der Waals surface area contributed by atoms with Crippen LogP contribution in [-0.4, -0.2) is 36.0 Å². The number of rotatable bonds is 1. The van der Waals surface area contributed by atoms with Gasteiger partial charge in [0.2, 0.25) is 5.91 Å². The molecule has 0 aromatic heterocycles. The molecule has 0 aliphatic carbocycles. The number of carbonyl (C=O) groups is 1. The lowest BCUT2D eigenvalue weighted by Gasteiger charge is -2.26. The van der Waals surface area contributed by atoms with E-state index in [1.807, 2.05) is 13.0 Å². The van der Waals surface area contributed by atoms with Gasteiger partial charge in [0.05, 0.1) is 0 Å². The molecule has 0 aromatic carbocycles. The third-order valence-corrected chi connectivity index (χ3v) is 3.22. The number of amides is 1. The van der Waals surface area contributed by atoms with Gasteiger partial charge >= 0.3 is 0 Å². The van der Waals surface area contributed by atoms with E-state index in [0.717, 1.165) is 19.5 Å². The Morgan fingerprint density at radius 1 is 1.36 bits per heavy atom. The van der Waals surface area contributed by atoms with Gasteiger partial charge in [0.1, 0.15) is 0 Å². The van der Waals surface area contributed by atoms with Crippen molar-refractivity contribution in [3.8, 4) is 0 Å². The summed E-state index contributed by atoms with van der Waals surface area (Å²) in [5.41, 5.74) is 0. The van der Waals surface area contributed by atoms with Gasteiger partial charge in [-0.15, -0.1) is 0 Å². The molecule has 3 nitrogen and oxygen atoms in total. The summed E-state index contributed by atoms with van der Waals surface area (Å²) in [7, 11) is 0. The first-order valence-corrected chi connectivity index (χ1v) is 5.48. The summed E-state index contributed by atoms with van der Waals surface area (Å²) < 4.78 is 0. The van der Waals surface area contributed by atoms with Crippen molar-refractivity contribution in [3.05, 3.63) is 12.2 Å². The van der Waals surface area contributed by atoms with E-state index < -0.39 is 0 Å². The van der Waals surface area contributed by atoms with Gasteiger partial charge in [-0.3, -0.25) is 4.79 Å². The van der Waals surface area contributed by atoms with Gasteiger partial charge in [0.15, 0.2) is 0 Å². The molecule has 14 heavy (non-hydrogen) atoms. The molecule has 0 saturated carbocycles. The van der Waals surface area contributed by atoms with E-state index in [4.69, 9.17) is 0 Å². The lowest BCUT2D eigenvalue weighted by atomic mass is 10.1. The van der Waals surface area contributed by atoms with Gasteiger partial charge in [-0.05, 0) is 38.8 Å². The molecule has 2 bridgehead atoms. The molecule has 2 unspecified atom stereocenters. The van der Waals surface area contributed by atoms with Crippen LogP contribution in [0.4, 0.5) is 0 Å². The van der Waals surface area contributed by atoms with E-state index in [1.54, 1.807) is 6.08 Å². The Hall–Kier alpha value is -0.830. The molecule has 2 aliphatic heterocycles. The van der Waals surface area contributed by atoms with E-state index in [0.29, 0.717) is 12.1 Å². The van der Waals surface area contributed by atoms with Crippen molar-refractivity contribution >= 4 is 5.91 Å². The first kappa shape index (κ1) is 9.71. The average molecular weight is 194 g/mol. The molecule has 2 fully saturated rings. The quantitative estimate of drug-likeness (QED) is 0.629. The minimum atomic E-state index is 0.198. The second-order valence-electron chi connectivity index (χ2n) is 4.12. The van der Waals surface area contributed by atoms with Gasteiger partial charge < -0.3 is 10.2 Å². The van der Waals surface area contributed by atoms with Crippen LogP contribution in [0.3, 0.4) is 0 Å². The first-order chi connectivity index (χ1) is 6.83. The number of nitrogens with zero attached hydrogens (tertiary/aromatic N) is 1. The van der Waals surface area contributed by atoms with Crippen LogP contribution in [0.5, 0.6) is 0 Å². The second kappa shape index (κ2) is 4.13. The van der Waals surface area contributed by atoms with Crippen LogP contribution in [-0.2, 0) is 4.79 Å². The van der Waals surface area contributed by atoms with Gasteiger partial charge in [0.25, 0.3) is 0 Å². The lowest BCUT2D eigenvalue weighted by molar-refractivity contribution is -0.128. The predicted molar refractivity (Wildman–Crippen MR) is 56.0 cm³/mol. The molecule has 2 saturated heterocycles. The van der Waals surface area contributed by atoms with Crippen LogP contribution in [0.15, 0.2) is 12.2 Å². The molecule has 3 heteroatoms. The zero-order chi connectivity index (χ0) is 9.97. The first-order valence-electron chi connectivity index (χ1n) is 5.48. The predicted octanol–water partition coefficient (Wildman–Crippen LogP) is 0.915. The van der Waals surface area contributed by atoms with Crippen molar-refractivity contribution in [3.63, 3.8) is 0 Å². The third kappa shape index (κ3) is 1.69. The molecular weight excluding hydrogens is 176 g/mol. The fraction of sp³-hybridized carbons (Fsp3) is 0.727. The van der Waals surface area contributed by atoms with Gasteiger partial charge in [-0.1, -0.05) is 6.08 Å².